The lowest BCUT2D eigenvalue weighted by atomic mass is 10.1. The van der Waals surface area contributed by atoms with Gasteiger partial charge in [-0.05, 0) is 38.5 Å². The fourth-order valence-electron chi connectivity index (χ4n) is 1.97. The fraction of sp³-hybridized carbons (Fsp3) is 0.357. The van der Waals surface area contributed by atoms with E-state index in [1.807, 2.05) is 6.92 Å². The summed E-state index contributed by atoms with van der Waals surface area (Å²) in [6, 6.07) is 5.09. The van der Waals surface area contributed by atoms with E-state index in [0.717, 1.165) is 9.87 Å². The van der Waals surface area contributed by atoms with Gasteiger partial charge in [0.2, 0.25) is 0 Å². The first-order valence-corrected chi connectivity index (χ1v) is 7.56. The predicted octanol–water partition coefficient (Wildman–Crippen LogP) is 0.760. The minimum atomic E-state index is -3.68. The third-order valence-electron chi connectivity index (χ3n) is 3.28. The van der Waals surface area contributed by atoms with Gasteiger partial charge in [0.25, 0.3) is 15.9 Å². The Morgan fingerprint density at radius 2 is 2.00 bits per heavy atom. The fourth-order valence-corrected chi connectivity index (χ4v) is 3.47. The molecule has 0 aliphatic carbocycles. The number of benzene rings is 1. The van der Waals surface area contributed by atoms with Gasteiger partial charge in [-0.25, -0.2) is 12.7 Å². The quantitative estimate of drug-likeness (QED) is 0.775. The smallest absolute Gasteiger partial charge is 0.263 e. The molecule has 0 bridgehead atoms. The summed E-state index contributed by atoms with van der Waals surface area (Å²) in [4.78, 5) is 12.1. The van der Waals surface area contributed by atoms with Gasteiger partial charge < -0.3 is 5.73 Å². The Morgan fingerprint density at radius 1 is 1.35 bits per heavy atom. The summed E-state index contributed by atoms with van der Waals surface area (Å²) in [6.07, 6.45) is 0. The van der Waals surface area contributed by atoms with Crippen LogP contribution in [-0.2, 0) is 14.8 Å². The molecule has 2 N–H and O–H groups in total. The van der Waals surface area contributed by atoms with Crippen molar-refractivity contribution in [1.29, 1.82) is 0 Å². The largest absolute Gasteiger partial charge is 0.320 e. The van der Waals surface area contributed by atoms with Crippen LogP contribution in [0, 0.1) is 18.8 Å². The number of aryl methyl sites for hydroxylation is 1. The third kappa shape index (κ3) is 1.90. The minimum Gasteiger partial charge on any atom is -0.320 e. The zero-order chi connectivity index (χ0) is 15.1. The monoisotopic (exact) mass is 292 g/mol. The summed E-state index contributed by atoms with van der Waals surface area (Å²) in [5.41, 5.74) is 7.05. The van der Waals surface area contributed by atoms with Crippen molar-refractivity contribution in [3.63, 3.8) is 0 Å². The van der Waals surface area contributed by atoms with Gasteiger partial charge in [0.1, 0.15) is 0 Å². The number of hydrogen-bond donors (Lipinski definition) is 1. The van der Waals surface area contributed by atoms with Gasteiger partial charge in [-0.3, -0.25) is 4.79 Å². The molecule has 1 aliphatic rings. The molecular formula is C14H16N2O3S. The maximum Gasteiger partial charge on any atom is 0.263 e. The van der Waals surface area contributed by atoms with Crippen LogP contribution in [0.2, 0.25) is 0 Å². The molecule has 106 valence electrons. The van der Waals surface area contributed by atoms with Crippen molar-refractivity contribution in [3.8, 4) is 11.8 Å². The molecular weight excluding hydrogens is 276 g/mol. The second-order valence-corrected chi connectivity index (χ2v) is 7.45. The molecule has 1 amide bonds. The van der Waals surface area contributed by atoms with E-state index < -0.39 is 20.7 Å². The van der Waals surface area contributed by atoms with E-state index in [4.69, 9.17) is 5.73 Å². The van der Waals surface area contributed by atoms with E-state index in [-0.39, 0.29) is 6.54 Å². The number of sulfonamides is 1. The van der Waals surface area contributed by atoms with Crippen LogP contribution < -0.4 is 10.0 Å². The highest BCUT2D eigenvalue weighted by Crippen LogP contribution is 2.40. The van der Waals surface area contributed by atoms with Gasteiger partial charge in [-0.15, -0.1) is 0 Å². The second-order valence-electron chi connectivity index (χ2n) is 5.11. The van der Waals surface area contributed by atoms with Gasteiger partial charge >= 0.3 is 0 Å². The first-order chi connectivity index (χ1) is 9.23. The molecule has 6 heteroatoms. The van der Waals surface area contributed by atoms with E-state index >= 15 is 0 Å². The molecule has 0 spiro atoms. The van der Waals surface area contributed by atoms with Gasteiger partial charge in [-0.1, -0.05) is 17.9 Å². The van der Waals surface area contributed by atoms with Crippen LogP contribution in [0.4, 0.5) is 5.69 Å². The third-order valence-corrected chi connectivity index (χ3v) is 5.59. The summed E-state index contributed by atoms with van der Waals surface area (Å²) in [6.45, 7) is 4.84. The molecule has 1 aliphatic heterocycles. The second kappa shape index (κ2) is 4.62. The lowest BCUT2D eigenvalue weighted by Gasteiger charge is -2.43. The Hall–Kier alpha value is -1.84. The maximum absolute atomic E-state index is 12.2. The van der Waals surface area contributed by atoms with Crippen molar-refractivity contribution in [3.05, 3.63) is 29.3 Å². The highest BCUT2D eigenvalue weighted by atomic mass is 32.2. The lowest BCUT2D eigenvalue weighted by molar-refractivity contribution is -0.120. The molecule has 0 atom stereocenters. The number of carbonyl (C=O) groups is 1. The predicted molar refractivity (Wildman–Crippen MR) is 77.6 cm³/mol. The van der Waals surface area contributed by atoms with Crippen LogP contribution in [0.25, 0.3) is 0 Å². The number of amides is 1. The van der Waals surface area contributed by atoms with E-state index in [2.05, 4.69) is 11.8 Å². The van der Waals surface area contributed by atoms with Gasteiger partial charge in [-0.2, -0.15) is 0 Å². The van der Waals surface area contributed by atoms with Crippen molar-refractivity contribution in [1.82, 2.24) is 0 Å². The SMILES string of the molecule is Cc1ccc(N2C(=O)C(C)(C)S2(=O)=O)c(C#CCN)c1. The van der Waals surface area contributed by atoms with Gasteiger partial charge in [0.05, 0.1) is 12.2 Å². The lowest BCUT2D eigenvalue weighted by Crippen LogP contribution is -2.67. The molecule has 0 saturated carbocycles. The Labute approximate surface area is 118 Å². The number of nitrogens with zero attached hydrogens (tertiary/aromatic N) is 1. The van der Waals surface area contributed by atoms with Crippen molar-refractivity contribution < 1.29 is 13.2 Å². The topological polar surface area (TPSA) is 80.5 Å². The Bertz CT molecular complexity index is 739. The normalized spacial score (nSPS) is 19.0. The molecule has 0 radical (unpaired) electrons. The van der Waals surface area contributed by atoms with Crippen LogP contribution in [0.5, 0.6) is 0 Å². The van der Waals surface area contributed by atoms with Crippen molar-refractivity contribution in [2.75, 3.05) is 10.8 Å². The molecule has 1 saturated heterocycles. The molecule has 5 nitrogen and oxygen atoms in total. The molecule has 1 aromatic rings. The first kappa shape index (κ1) is 14.6. The van der Waals surface area contributed by atoms with Crippen molar-refractivity contribution in [2.45, 2.75) is 25.5 Å². The molecule has 1 aromatic carbocycles. The average molecular weight is 292 g/mol. The Balaban J connectivity index is 2.58. The number of anilines is 1. The highest BCUT2D eigenvalue weighted by Gasteiger charge is 2.61. The van der Waals surface area contributed by atoms with Gasteiger partial charge in [0, 0.05) is 5.56 Å². The molecule has 20 heavy (non-hydrogen) atoms. The number of carbonyl (C=O) groups excluding carboxylic acids is 1. The molecule has 1 heterocycles. The van der Waals surface area contributed by atoms with E-state index in [0.29, 0.717) is 11.3 Å². The standard InChI is InChI=1S/C14H16N2O3S/c1-10-6-7-12(11(9-10)5-4-8-15)16-13(17)14(2,3)20(16,18)19/h6-7,9H,8,15H2,1-3H3. The van der Waals surface area contributed by atoms with Crippen LogP contribution in [0.15, 0.2) is 18.2 Å². The number of nitrogens with two attached hydrogens (primary N) is 1. The molecule has 0 unspecified atom stereocenters. The van der Waals surface area contributed by atoms with Crippen LogP contribution in [0.3, 0.4) is 0 Å². The number of hydrogen-bond acceptors (Lipinski definition) is 4. The van der Waals surface area contributed by atoms with Crippen molar-refractivity contribution in [2.24, 2.45) is 5.73 Å². The number of rotatable bonds is 1. The summed E-state index contributed by atoms with van der Waals surface area (Å²) in [7, 11) is -3.68. The van der Waals surface area contributed by atoms with Crippen molar-refractivity contribution >= 4 is 21.6 Å². The van der Waals surface area contributed by atoms with E-state index in [9.17, 15) is 13.2 Å². The Kier molecular flexibility index (Phi) is 3.36. The highest BCUT2D eigenvalue weighted by molar-refractivity contribution is 7.98. The minimum absolute atomic E-state index is 0.166. The molecule has 1 fully saturated rings. The van der Waals surface area contributed by atoms with Crippen LogP contribution >= 0.6 is 0 Å². The molecule has 2 rings (SSSR count). The van der Waals surface area contributed by atoms with Crippen LogP contribution in [-0.4, -0.2) is 25.6 Å². The first-order valence-electron chi connectivity index (χ1n) is 6.12. The Morgan fingerprint density at radius 3 is 2.55 bits per heavy atom. The van der Waals surface area contributed by atoms with E-state index in [1.165, 1.54) is 13.8 Å². The van der Waals surface area contributed by atoms with Crippen LogP contribution in [0.1, 0.15) is 25.0 Å². The van der Waals surface area contributed by atoms with Gasteiger partial charge in [0.15, 0.2) is 4.75 Å². The summed E-state index contributed by atoms with van der Waals surface area (Å²) < 4.78 is 23.9. The average Bonchev–Trinajstić information content (AvgIpc) is 2.38. The summed E-state index contributed by atoms with van der Waals surface area (Å²) >= 11 is 0. The maximum atomic E-state index is 12.2. The zero-order valence-electron chi connectivity index (χ0n) is 11.6. The molecule has 0 aromatic heterocycles. The van der Waals surface area contributed by atoms with E-state index in [1.54, 1.807) is 18.2 Å². The summed E-state index contributed by atoms with van der Waals surface area (Å²) in [5, 5.41) is 0. The summed E-state index contributed by atoms with van der Waals surface area (Å²) in [5.74, 6) is 5.05. The zero-order valence-corrected chi connectivity index (χ0v) is 12.4.